The molecule has 0 spiro atoms. The van der Waals surface area contributed by atoms with Gasteiger partial charge in [-0.1, -0.05) is 18.2 Å². The topological polar surface area (TPSA) is 58.4 Å². The summed E-state index contributed by atoms with van der Waals surface area (Å²) >= 11 is 0. The quantitative estimate of drug-likeness (QED) is 0.794. The smallest absolute Gasteiger partial charge is 0.223 e. The van der Waals surface area contributed by atoms with E-state index in [1.165, 1.54) is 0 Å². The molecule has 3 N–H and O–H groups in total. The summed E-state index contributed by atoms with van der Waals surface area (Å²) in [6, 6.07) is 10.0. The van der Waals surface area contributed by atoms with Crippen molar-refractivity contribution in [1.29, 1.82) is 0 Å². The van der Waals surface area contributed by atoms with Crippen molar-refractivity contribution in [2.45, 2.75) is 6.42 Å². The number of hydrogen-bond acceptors (Lipinski definition) is 3. The Balaban J connectivity index is 1.74. The van der Waals surface area contributed by atoms with E-state index in [1.807, 2.05) is 35.2 Å². The maximum Gasteiger partial charge on any atom is 0.223 e. The molecule has 0 aliphatic carbocycles. The Kier molecular flexibility index (Phi) is 3.98. The van der Waals surface area contributed by atoms with Crippen LogP contribution in [0, 0.1) is 5.92 Å². The zero-order chi connectivity index (χ0) is 12.1. The second kappa shape index (κ2) is 5.68. The van der Waals surface area contributed by atoms with E-state index >= 15 is 0 Å². The Morgan fingerprint density at radius 2 is 2.12 bits per heavy atom. The second-order valence-corrected chi connectivity index (χ2v) is 4.44. The molecule has 4 heteroatoms. The van der Waals surface area contributed by atoms with Gasteiger partial charge in [0.2, 0.25) is 5.91 Å². The zero-order valence-electron chi connectivity index (χ0n) is 9.93. The van der Waals surface area contributed by atoms with Crippen molar-refractivity contribution < 1.29 is 4.79 Å². The van der Waals surface area contributed by atoms with Crippen molar-refractivity contribution >= 4 is 11.6 Å². The Bertz CT molecular complexity index is 366. The van der Waals surface area contributed by atoms with Gasteiger partial charge in [0.25, 0.3) is 0 Å². The van der Waals surface area contributed by atoms with Gasteiger partial charge in [-0.2, -0.15) is 0 Å². The van der Waals surface area contributed by atoms with Crippen LogP contribution in [0.3, 0.4) is 0 Å². The number of likely N-dealkylation sites (tertiary alicyclic amines) is 1. The van der Waals surface area contributed by atoms with E-state index < -0.39 is 0 Å². The van der Waals surface area contributed by atoms with Crippen LogP contribution in [0.1, 0.15) is 6.42 Å². The molecule has 1 atom stereocenters. The van der Waals surface area contributed by atoms with Crippen LogP contribution in [0.4, 0.5) is 5.69 Å². The highest BCUT2D eigenvalue weighted by molar-refractivity contribution is 5.78. The predicted octanol–water partition coefficient (Wildman–Crippen LogP) is 0.906. The molecule has 0 saturated carbocycles. The van der Waals surface area contributed by atoms with Crippen LogP contribution in [0.5, 0.6) is 0 Å². The van der Waals surface area contributed by atoms with Crippen molar-refractivity contribution in [2.75, 3.05) is 31.5 Å². The number of anilines is 1. The van der Waals surface area contributed by atoms with Gasteiger partial charge in [-0.15, -0.1) is 0 Å². The van der Waals surface area contributed by atoms with Gasteiger partial charge < -0.3 is 16.0 Å². The van der Waals surface area contributed by atoms with Gasteiger partial charge in [-0.25, -0.2) is 0 Å². The summed E-state index contributed by atoms with van der Waals surface area (Å²) in [5, 5.41) is 3.30. The van der Waals surface area contributed by atoms with Crippen molar-refractivity contribution in [3.8, 4) is 0 Å². The fourth-order valence-electron chi connectivity index (χ4n) is 2.12. The minimum Gasteiger partial charge on any atom is -0.383 e. The normalized spacial score (nSPS) is 19.7. The standard InChI is InChI=1S/C13H19N3O/c14-9-11-8-13(17)16(10-11)7-6-15-12-4-2-1-3-5-12/h1-5,11,15H,6-10,14H2. The largest absolute Gasteiger partial charge is 0.383 e. The maximum atomic E-state index is 11.6. The van der Waals surface area contributed by atoms with E-state index in [9.17, 15) is 4.79 Å². The lowest BCUT2D eigenvalue weighted by molar-refractivity contribution is -0.127. The summed E-state index contributed by atoms with van der Waals surface area (Å²) in [6.45, 7) is 2.96. The molecule has 1 unspecified atom stereocenters. The maximum absolute atomic E-state index is 11.6. The highest BCUT2D eigenvalue weighted by atomic mass is 16.2. The minimum atomic E-state index is 0.232. The molecule has 1 heterocycles. The van der Waals surface area contributed by atoms with E-state index in [1.54, 1.807) is 0 Å². The van der Waals surface area contributed by atoms with Crippen LogP contribution < -0.4 is 11.1 Å². The second-order valence-electron chi connectivity index (χ2n) is 4.44. The van der Waals surface area contributed by atoms with Crippen LogP contribution in [0.2, 0.25) is 0 Å². The number of nitrogens with zero attached hydrogens (tertiary/aromatic N) is 1. The first-order valence-corrected chi connectivity index (χ1v) is 6.06. The third-order valence-electron chi connectivity index (χ3n) is 3.11. The average molecular weight is 233 g/mol. The van der Waals surface area contributed by atoms with Crippen molar-refractivity contribution in [1.82, 2.24) is 4.90 Å². The molecule has 0 aromatic heterocycles. The first-order valence-electron chi connectivity index (χ1n) is 6.06. The molecule has 1 fully saturated rings. The summed E-state index contributed by atoms with van der Waals surface area (Å²) in [5.41, 5.74) is 6.68. The van der Waals surface area contributed by atoms with E-state index in [0.717, 1.165) is 25.3 Å². The van der Waals surface area contributed by atoms with Gasteiger partial charge in [-0.3, -0.25) is 4.79 Å². The molecule has 4 nitrogen and oxygen atoms in total. The monoisotopic (exact) mass is 233 g/mol. The van der Waals surface area contributed by atoms with Gasteiger partial charge >= 0.3 is 0 Å². The third kappa shape index (κ3) is 3.20. The fraction of sp³-hybridized carbons (Fsp3) is 0.462. The number of para-hydroxylation sites is 1. The lowest BCUT2D eigenvalue weighted by atomic mass is 10.1. The number of benzene rings is 1. The summed E-state index contributed by atoms with van der Waals surface area (Å²) in [5.74, 6) is 0.578. The number of carbonyl (C=O) groups is 1. The molecule has 2 rings (SSSR count). The SMILES string of the molecule is NCC1CC(=O)N(CCNc2ccccc2)C1. The average Bonchev–Trinajstić information content (AvgIpc) is 2.72. The number of nitrogens with two attached hydrogens (primary N) is 1. The molecule has 1 aromatic carbocycles. The molecule has 1 aliphatic rings. The number of carbonyl (C=O) groups excluding carboxylic acids is 1. The zero-order valence-corrected chi connectivity index (χ0v) is 9.93. The van der Waals surface area contributed by atoms with Gasteiger partial charge in [-0.05, 0) is 24.6 Å². The predicted molar refractivity (Wildman–Crippen MR) is 68.7 cm³/mol. The van der Waals surface area contributed by atoms with E-state index in [4.69, 9.17) is 5.73 Å². The molecule has 1 saturated heterocycles. The number of hydrogen-bond donors (Lipinski definition) is 2. The van der Waals surface area contributed by atoms with E-state index in [2.05, 4.69) is 5.32 Å². The van der Waals surface area contributed by atoms with Crippen LogP contribution in [-0.4, -0.2) is 37.0 Å². The molecule has 92 valence electrons. The van der Waals surface area contributed by atoms with Crippen LogP contribution >= 0.6 is 0 Å². The highest BCUT2D eigenvalue weighted by Crippen LogP contribution is 2.15. The van der Waals surface area contributed by atoms with E-state index in [-0.39, 0.29) is 5.91 Å². The van der Waals surface area contributed by atoms with Crippen molar-refractivity contribution in [2.24, 2.45) is 11.7 Å². The summed E-state index contributed by atoms with van der Waals surface area (Å²) < 4.78 is 0. The Labute approximate surface area is 102 Å². The van der Waals surface area contributed by atoms with Gasteiger partial charge in [0, 0.05) is 31.7 Å². The Morgan fingerprint density at radius 3 is 2.76 bits per heavy atom. The van der Waals surface area contributed by atoms with Crippen LogP contribution in [0.15, 0.2) is 30.3 Å². The molecule has 1 amide bonds. The van der Waals surface area contributed by atoms with E-state index in [0.29, 0.717) is 18.9 Å². The summed E-state index contributed by atoms with van der Waals surface area (Å²) in [4.78, 5) is 13.5. The fourth-order valence-corrected chi connectivity index (χ4v) is 2.12. The molecule has 1 aromatic rings. The number of amides is 1. The number of nitrogens with one attached hydrogen (secondary N) is 1. The molecule has 0 bridgehead atoms. The molecular formula is C13H19N3O. The minimum absolute atomic E-state index is 0.232. The summed E-state index contributed by atoms with van der Waals surface area (Å²) in [7, 11) is 0. The number of rotatable bonds is 5. The van der Waals surface area contributed by atoms with Gasteiger partial charge in [0.15, 0.2) is 0 Å². The lowest BCUT2D eigenvalue weighted by Gasteiger charge is -2.17. The first kappa shape index (κ1) is 11.9. The molecule has 1 aliphatic heterocycles. The van der Waals surface area contributed by atoms with Crippen molar-refractivity contribution in [3.63, 3.8) is 0 Å². The Morgan fingerprint density at radius 1 is 1.35 bits per heavy atom. The molecule has 17 heavy (non-hydrogen) atoms. The van der Waals surface area contributed by atoms with Crippen LogP contribution in [0.25, 0.3) is 0 Å². The highest BCUT2D eigenvalue weighted by Gasteiger charge is 2.27. The molecular weight excluding hydrogens is 214 g/mol. The first-order chi connectivity index (χ1) is 8.29. The third-order valence-corrected chi connectivity index (χ3v) is 3.11. The van der Waals surface area contributed by atoms with Gasteiger partial charge in [0.05, 0.1) is 0 Å². The summed E-state index contributed by atoms with van der Waals surface area (Å²) in [6.07, 6.45) is 0.613. The Hall–Kier alpha value is -1.55. The van der Waals surface area contributed by atoms with Crippen molar-refractivity contribution in [3.05, 3.63) is 30.3 Å². The van der Waals surface area contributed by atoms with Crippen LogP contribution in [-0.2, 0) is 4.79 Å². The lowest BCUT2D eigenvalue weighted by Crippen LogP contribution is -2.31. The van der Waals surface area contributed by atoms with Gasteiger partial charge in [0.1, 0.15) is 0 Å². The molecule has 0 radical (unpaired) electrons.